The van der Waals surface area contributed by atoms with Crippen molar-refractivity contribution in [2.45, 2.75) is 37.3 Å². The first kappa shape index (κ1) is 14.6. The SMILES string of the molecule is CCn1cc(S(=O)(=O)N2Cc3ccccc3C2)cc1CCl. The molecule has 1 aliphatic heterocycles. The van der Waals surface area contributed by atoms with E-state index in [1.165, 1.54) is 4.31 Å². The molecule has 0 fully saturated rings. The Balaban J connectivity index is 1.94. The second-order valence-corrected chi connectivity index (χ2v) is 7.33. The summed E-state index contributed by atoms with van der Waals surface area (Å²) in [5, 5.41) is 0. The summed E-state index contributed by atoms with van der Waals surface area (Å²) in [5.74, 6) is 0.309. The highest BCUT2D eigenvalue weighted by atomic mass is 35.5. The van der Waals surface area contributed by atoms with E-state index in [9.17, 15) is 8.42 Å². The number of hydrogen-bond donors (Lipinski definition) is 0. The van der Waals surface area contributed by atoms with Gasteiger partial charge in [-0.05, 0) is 24.1 Å². The molecule has 0 N–H and O–H groups in total. The summed E-state index contributed by atoms with van der Waals surface area (Å²) in [6.07, 6.45) is 1.68. The molecule has 4 nitrogen and oxygen atoms in total. The van der Waals surface area contributed by atoms with Crippen LogP contribution in [0.25, 0.3) is 0 Å². The molecule has 2 heterocycles. The summed E-state index contributed by atoms with van der Waals surface area (Å²) in [5.41, 5.74) is 2.98. The van der Waals surface area contributed by atoms with Crippen LogP contribution in [0.1, 0.15) is 23.7 Å². The molecule has 0 bridgehead atoms. The quantitative estimate of drug-likeness (QED) is 0.811. The average molecular weight is 325 g/mol. The first-order valence-corrected chi connectivity index (χ1v) is 8.85. The number of hydrogen-bond acceptors (Lipinski definition) is 2. The second-order valence-electron chi connectivity index (χ2n) is 5.13. The summed E-state index contributed by atoms with van der Waals surface area (Å²) in [6, 6.07) is 9.51. The minimum absolute atomic E-state index is 0.309. The summed E-state index contributed by atoms with van der Waals surface area (Å²) >= 11 is 5.88. The number of nitrogens with zero attached hydrogens (tertiary/aromatic N) is 2. The van der Waals surface area contributed by atoms with Gasteiger partial charge in [-0.15, -0.1) is 11.6 Å². The zero-order valence-electron chi connectivity index (χ0n) is 11.8. The Labute approximate surface area is 130 Å². The van der Waals surface area contributed by atoms with Gasteiger partial charge in [0.1, 0.15) is 4.90 Å². The monoisotopic (exact) mass is 324 g/mol. The van der Waals surface area contributed by atoms with Gasteiger partial charge in [0, 0.05) is 31.5 Å². The number of aryl methyl sites for hydroxylation is 1. The molecule has 0 atom stereocenters. The molecule has 0 saturated heterocycles. The first-order valence-electron chi connectivity index (χ1n) is 6.88. The lowest BCUT2D eigenvalue weighted by Crippen LogP contribution is -2.25. The smallest absolute Gasteiger partial charge is 0.245 e. The molecule has 3 rings (SSSR count). The van der Waals surface area contributed by atoms with E-state index in [0.717, 1.165) is 16.8 Å². The molecular formula is C15H17ClN2O2S. The molecule has 0 saturated carbocycles. The van der Waals surface area contributed by atoms with E-state index < -0.39 is 10.0 Å². The van der Waals surface area contributed by atoms with Gasteiger partial charge in [0.25, 0.3) is 0 Å². The Bertz CT molecular complexity index is 721. The third kappa shape index (κ3) is 2.50. The fourth-order valence-corrected chi connectivity index (χ4v) is 4.38. The van der Waals surface area contributed by atoms with Crippen molar-refractivity contribution >= 4 is 21.6 Å². The van der Waals surface area contributed by atoms with Crippen LogP contribution in [0.3, 0.4) is 0 Å². The second kappa shape index (κ2) is 5.48. The van der Waals surface area contributed by atoms with Crippen molar-refractivity contribution in [3.05, 3.63) is 53.3 Å². The van der Waals surface area contributed by atoms with Crippen LogP contribution >= 0.6 is 11.6 Å². The fraction of sp³-hybridized carbons (Fsp3) is 0.333. The van der Waals surface area contributed by atoms with Crippen LogP contribution in [0.4, 0.5) is 0 Å². The van der Waals surface area contributed by atoms with Crippen LogP contribution < -0.4 is 0 Å². The van der Waals surface area contributed by atoms with Gasteiger partial charge in [0.2, 0.25) is 10.0 Å². The van der Waals surface area contributed by atoms with Gasteiger partial charge >= 0.3 is 0 Å². The van der Waals surface area contributed by atoms with Crippen molar-refractivity contribution in [1.82, 2.24) is 8.87 Å². The van der Waals surface area contributed by atoms with Gasteiger partial charge in [0.15, 0.2) is 0 Å². The van der Waals surface area contributed by atoms with E-state index in [1.807, 2.05) is 35.8 Å². The number of aromatic nitrogens is 1. The maximum Gasteiger partial charge on any atom is 0.245 e. The van der Waals surface area contributed by atoms with Crippen molar-refractivity contribution in [3.63, 3.8) is 0 Å². The lowest BCUT2D eigenvalue weighted by Gasteiger charge is -2.14. The molecule has 112 valence electrons. The number of benzene rings is 1. The molecule has 0 aliphatic carbocycles. The number of rotatable bonds is 4. The molecule has 0 spiro atoms. The highest BCUT2D eigenvalue weighted by Gasteiger charge is 2.31. The Morgan fingerprint density at radius 2 is 1.81 bits per heavy atom. The third-order valence-electron chi connectivity index (χ3n) is 3.89. The van der Waals surface area contributed by atoms with Crippen LogP contribution in [0, 0.1) is 0 Å². The maximum atomic E-state index is 12.8. The van der Waals surface area contributed by atoms with Crippen LogP contribution in [0.2, 0.25) is 0 Å². The van der Waals surface area contributed by atoms with Crippen molar-refractivity contribution in [2.24, 2.45) is 0 Å². The van der Waals surface area contributed by atoms with Crippen LogP contribution in [0.5, 0.6) is 0 Å². The van der Waals surface area contributed by atoms with Crippen molar-refractivity contribution in [2.75, 3.05) is 0 Å². The van der Waals surface area contributed by atoms with E-state index in [-0.39, 0.29) is 0 Å². The van der Waals surface area contributed by atoms with E-state index in [0.29, 0.717) is 30.4 Å². The average Bonchev–Trinajstić information content (AvgIpc) is 3.11. The summed E-state index contributed by atoms with van der Waals surface area (Å²) < 4.78 is 28.9. The fourth-order valence-electron chi connectivity index (χ4n) is 2.69. The van der Waals surface area contributed by atoms with Crippen LogP contribution in [0.15, 0.2) is 41.4 Å². The lowest BCUT2D eigenvalue weighted by atomic mass is 10.1. The minimum Gasteiger partial charge on any atom is -0.349 e. The normalized spacial score (nSPS) is 15.3. The molecule has 1 aliphatic rings. The lowest BCUT2D eigenvalue weighted by molar-refractivity contribution is 0.431. The third-order valence-corrected chi connectivity index (χ3v) is 5.92. The number of fused-ring (bicyclic) bond motifs is 1. The largest absolute Gasteiger partial charge is 0.349 e. The standard InChI is InChI=1S/C15H17ClN2O2S/c1-2-17-11-15(7-14(17)8-16)21(19,20)18-9-12-5-3-4-6-13(12)10-18/h3-7,11H,2,8-10H2,1H3. The molecule has 2 aromatic rings. The molecule has 1 aromatic heterocycles. The number of halogens is 1. The zero-order valence-corrected chi connectivity index (χ0v) is 13.4. The molecular weight excluding hydrogens is 308 g/mol. The van der Waals surface area contributed by atoms with Crippen LogP contribution in [-0.4, -0.2) is 17.3 Å². The summed E-state index contributed by atoms with van der Waals surface area (Å²) in [6.45, 7) is 3.55. The zero-order chi connectivity index (χ0) is 15.0. The molecule has 21 heavy (non-hydrogen) atoms. The van der Waals surface area contributed by atoms with Gasteiger partial charge in [-0.25, -0.2) is 8.42 Å². The molecule has 0 amide bonds. The van der Waals surface area contributed by atoms with Crippen molar-refractivity contribution in [1.29, 1.82) is 0 Å². The Morgan fingerprint density at radius 1 is 1.19 bits per heavy atom. The molecule has 1 aromatic carbocycles. The topological polar surface area (TPSA) is 42.3 Å². The highest BCUT2D eigenvalue weighted by Crippen LogP contribution is 2.29. The summed E-state index contributed by atoms with van der Waals surface area (Å²) in [4.78, 5) is 0.327. The predicted octanol–water partition coefficient (Wildman–Crippen LogP) is 2.95. The van der Waals surface area contributed by atoms with E-state index in [4.69, 9.17) is 11.6 Å². The molecule has 0 radical (unpaired) electrons. The highest BCUT2D eigenvalue weighted by molar-refractivity contribution is 7.89. The van der Waals surface area contributed by atoms with E-state index in [2.05, 4.69) is 0 Å². The minimum atomic E-state index is -3.47. The number of sulfonamides is 1. The van der Waals surface area contributed by atoms with Gasteiger partial charge in [-0.2, -0.15) is 4.31 Å². The van der Waals surface area contributed by atoms with E-state index >= 15 is 0 Å². The van der Waals surface area contributed by atoms with Gasteiger partial charge < -0.3 is 4.57 Å². The Kier molecular flexibility index (Phi) is 3.82. The van der Waals surface area contributed by atoms with Gasteiger partial charge in [-0.3, -0.25) is 0 Å². The van der Waals surface area contributed by atoms with Crippen molar-refractivity contribution < 1.29 is 8.42 Å². The first-order chi connectivity index (χ1) is 10.1. The maximum absolute atomic E-state index is 12.8. The molecule has 6 heteroatoms. The number of alkyl halides is 1. The van der Waals surface area contributed by atoms with Gasteiger partial charge in [0.05, 0.1) is 5.88 Å². The van der Waals surface area contributed by atoms with Crippen molar-refractivity contribution in [3.8, 4) is 0 Å². The van der Waals surface area contributed by atoms with E-state index in [1.54, 1.807) is 12.3 Å². The Morgan fingerprint density at radius 3 is 2.29 bits per heavy atom. The molecule has 0 unspecified atom stereocenters. The summed E-state index contributed by atoms with van der Waals surface area (Å²) in [7, 11) is -3.47. The van der Waals surface area contributed by atoms with Crippen LogP contribution in [-0.2, 0) is 35.5 Å². The predicted molar refractivity (Wildman–Crippen MR) is 82.5 cm³/mol. The van der Waals surface area contributed by atoms with Gasteiger partial charge in [-0.1, -0.05) is 24.3 Å². The Hall–Kier alpha value is -1.30.